The Kier molecular flexibility index (Phi) is 4.35. The van der Waals surface area contributed by atoms with Crippen LogP contribution in [0.3, 0.4) is 0 Å². The molecule has 1 aliphatic heterocycles. The van der Waals surface area contributed by atoms with Gasteiger partial charge in [0.1, 0.15) is 12.4 Å². The summed E-state index contributed by atoms with van der Waals surface area (Å²) in [6.45, 7) is 6.99. The number of allylic oxidation sites excluding steroid dienone is 1. The number of benzene rings is 3. The van der Waals surface area contributed by atoms with E-state index in [0.717, 1.165) is 33.5 Å². The fraction of sp³-hybridized carbons (Fsp3) is 0.192. The molecule has 0 unspecified atom stereocenters. The van der Waals surface area contributed by atoms with E-state index in [1.54, 1.807) is 0 Å². The van der Waals surface area contributed by atoms with Crippen LogP contribution in [0.2, 0.25) is 0 Å². The number of rotatable bonds is 2. The maximum atomic E-state index is 6.33. The van der Waals surface area contributed by atoms with Gasteiger partial charge < -0.3 is 10.5 Å². The van der Waals surface area contributed by atoms with Crippen molar-refractivity contribution in [3.8, 4) is 5.75 Å². The molecule has 0 saturated carbocycles. The summed E-state index contributed by atoms with van der Waals surface area (Å²) in [5.41, 5.74) is 14.9. The SMILES string of the molecule is C/C(=C1/c2ccccc2COc2cc3c(cnn3C(C)C)cc21)c1cccc(N)c1. The predicted molar refractivity (Wildman–Crippen MR) is 123 cm³/mol. The molecule has 0 atom stereocenters. The van der Waals surface area contributed by atoms with E-state index >= 15 is 0 Å². The number of anilines is 1. The summed E-state index contributed by atoms with van der Waals surface area (Å²) in [5.74, 6) is 0.888. The quantitative estimate of drug-likeness (QED) is 0.419. The molecular weight excluding hydrogens is 370 g/mol. The van der Waals surface area contributed by atoms with Crippen LogP contribution >= 0.6 is 0 Å². The first-order chi connectivity index (χ1) is 14.5. The average Bonchev–Trinajstić information content (AvgIpc) is 3.08. The Balaban J connectivity index is 1.83. The second-order valence-electron chi connectivity index (χ2n) is 8.16. The first-order valence-electron chi connectivity index (χ1n) is 10.3. The molecule has 0 fully saturated rings. The Hall–Kier alpha value is -3.53. The van der Waals surface area contributed by atoms with Gasteiger partial charge in [0.05, 0.1) is 11.7 Å². The van der Waals surface area contributed by atoms with Crippen LogP contribution in [0.1, 0.15) is 49.1 Å². The van der Waals surface area contributed by atoms with Gasteiger partial charge in [0.15, 0.2) is 0 Å². The Bertz CT molecular complexity index is 1300. The molecule has 2 heterocycles. The topological polar surface area (TPSA) is 53.1 Å². The standard InChI is InChI=1S/C26H25N3O/c1-16(2)29-24-13-25-23(12-20(24)14-28-29)26(17(3)18-8-6-9-21(27)11-18)22-10-5-4-7-19(22)15-30-25/h4-14,16H,15,27H2,1-3H3/b26-17+. The summed E-state index contributed by atoms with van der Waals surface area (Å²) in [7, 11) is 0. The molecule has 0 radical (unpaired) electrons. The average molecular weight is 396 g/mol. The van der Waals surface area contributed by atoms with Crippen LogP contribution in [-0.2, 0) is 6.61 Å². The Morgan fingerprint density at radius 2 is 1.87 bits per heavy atom. The summed E-state index contributed by atoms with van der Waals surface area (Å²) in [6, 6.07) is 21.2. The minimum Gasteiger partial charge on any atom is -0.488 e. The van der Waals surface area contributed by atoms with Crippen LogP contribution in [0, 0.1) is 0 Å². The number of nitrogen functional groups attached to an aromatic ring is 1. The highest BCUT2D eigenvalue weighted by molar-refractivity contribution is 6.02. The van der Waals surface area contributed by atoms with Gasteiger partial charge in [-0.2, -0.15) is 5.10 Å². The minimum absolute atomic E-state index is 0.285. The van der Waals surface area contributed by atoms with E-state index in [4.69, 9.17) is 10.5 Å². The second-order valence-corrected chi connectivity index (χ2v) is 8.16. The summed E-state index contributed by atoms with van der Waals surface area (Å²) < 4.78 is 8.37. The van der Waals surface area contributed by atoms with Crippen molar-refractivity contribution in [2.24, 2.45) is 0 Å². The molecular formula is C26H25N3O. The highest BCUT2D eigenvalue weighted by Crippen LogP contribution is 2.43. The maximum Gasteiger partial charge on any atom is 0.129 e. The van der Waals surface area contributed by atoms with E-state index in [9.17, 15) is 0 Å². The van der Waals surface area contributed by atoms with E-state index in [2.05, 4.69) is 68.3 Å². The van der Waals surface area contributed by atoms with Gasteiger partial charge in [0.25, 0.3) is 0 Å². The third kappa shape index (κ3) is 2.96. The Morgan fingerprint density at radius 3 is 2.67 bits per heavy atom. The zero-order chi connectivity index (χ0) is 20.8. The van der Waals surface area contributed by atoms with Gasteiger partial charge in [-0.15, -0.1) is 0 Å². The second kappa shape index (κ2) is 7.06. The van der Waals surface area contributed by atoms with Crippen molar-refractivity contribution >= 4 is 27.7 Å². The van der Waals surface area contributed by atoms with Crippen molar-refractivity contribution in [3.63, 3.8) is 0 Å². The van der Waals surface area contributed by atoms with Crippen molar-refractivity contribution in [2.75, 3.05) is 5.73 Å². The van der Waals surface area contributed by atoms with E-state index in [0.29, 0.717) is 6.61 Å². The molecule has 0 spiro atoms. The highest BCUT2D eigenvalue weighted by Gasteiger charge is 2.23. The van der Waals surface area contributed by atoms with Crippen LogP contribution in [0.15, 0.2) is 66.9 Å². The molecule has 1 aromatic heterocycles. The number of nitrogens with zero attached hydrogens (tertiary/aromatic N) is 2. The number of hydrogen-bond acceptors (Lipinski definition) is 3. The summed E-state index contributed by atoms with van der Waals surface area (Å²) >= 11 is 0. The van der Waals surface area contributed by atoms with Crippen LogP contribution in [0.5, 0.6) is 5.75 Å². The zero-order valence-electron chi connectivity index (χ0n) is 17.5. The van der Waals surface area contributed by atoms with Gasteiger partial charge >= 0.3 is 0 Å². The van der Waals surface area contributed by atoms with Gasteiger partial charge in [-0.25, -0.2) is 0 Å². The molecule has 0 bridgehead atoms. The lowest BCUT2D eigenvalue weighted by Crippen LogP contribution is -2.02. The molecule has 3 aromatic carbocycles. The first kappa shape index (κ1) is 18.5. The largest absolute Gasteiger partial charge is 0.488 e. The molecule has 2 N–H and O–H groups in total. The van der Waals surface area contributed by atoms with Gasteiger partial charge in [-0.3, -0.25) is 4.68 Å². The van der Waals surface area contributed by atoms with Gasteiger partial charge in [0.2, 0.25) is 0 Å². The fourth-order valence-electron chi connectivity index (χ4n) is 4.31. The van der Waals surface area contributed by atoms with Crippen molar-refractivity contribution < 1.29 is 4.74 Å². The van der Waals surface area contributed by atoms with Crippen LogP contribution < -0.4 is 10.5 Å². The molecule has 1 aliphatic rings. The van der Waals surface area contributed by atoms with E-state index in [-0.39, 0.29) is 6.04 Å². The molecule has 0 saturated heterocycles. The minimum atomic E-state index is 0.285. The van der Waals surface area contributed by atoms with E-state index in [1.165, 1.54) is 22.3 Å². The van der Waals surface area contributed by atoms with Crippen LogP contribution in [0.25, 0.3) is 22.0 Å². The highest BCUT2D eigenvalue weighted by atomic mass is 16.5. The lowest BCUT2D eigenvalue weighted by molar-refractivity contribution is 0.307. The summed E-state index contributed by atoms with van der Waals surface area (Å²) in [6.07, 6.45) is 1.94. The van der Waals surface area contributed by atoms with Crippen LogP contribution in [0.4, 0.5) is 5.69 Å². The molecule has 0 amide bonds. The lowest BCUT2D eigenvalue weighted by atomic mass is 9.87. The van der Waals surface area contributed by atoms with Gasteiger partial charge in [0, 0.05) is 28.7 Å². The normalized spacial score (nSPS) is 14.8. The number of ether oxygens (including phenoxy) is 1. The molecule has 0 aliphatic carbocycles. The van der Waals surface area contributed by atoms with E-state index in [1.807, 2.05) is 29.1 Å². The van der Waals surface area contributed by atoms with Crippen molar-refractivity contribution in [1.29, 1.82) is 0 Å². The number of aromatic nitrogens is 2. The molecule has 30 heavy (non-hydrogen) atoms. The number of fused-ring (bicyclic) bond motifs is 3. The summed E-state index contributed by atoms with van der Waals surface area (Å²) in [5, 5.41) is 5.72. The molecule has 4 heteroatoms. The predicted octanol–water partition coefficient (Wildman–Crippen LogP) is 6.07. The van der Waals surface area contributed by atoms with E-state index < -0.39 is 0 Å². The molecule has 4 aromatic rings. The number of nitrogens with two attached hydrogens (primary N) is 1. The van der Waals surface area contributed by atoms with Gasteiger partial charge in [-0.1, -0.05) is 36.4 Å². The third-order valence-corrected chi connectivity index (χ3v) is 5.82. The smallest absolute Gasteiger partial charge is 0.129 e. The number of hydrogen-bond donors (Lipinski definition) is 1. The zero-order valence-corrected chi connectivity index (χ0v) is 17.5. The monoisotopic (exact) mass is 395 g/mol. The van der Waals surface area contributed by atoms with Gasteiger partial charge in [-0.05, 0) is 66.8 Å². The van der Waals surface area contributed by atoms with Crippen LogP contribution in [-0.4, -0.2) is 9.78 Å². The molecule has 150 valence electrons. The Morgan fingerprint density at radius 1 is 1.03 bits per heavy atom. The summed E-state index contributed by atoms with van der Waals surface area (Å²) in [4.78, 5) is 0. The van der Waals surface area contributed by atoms with Crippen molar-refractivity contribution in [1.82, 2.24) is 9.78 Å². The lowest BCUT2D eigenvalue weighted by Gasteiger charge is -2.16. The van der Waals surface area contributed by atoms with Crippen molar-refractivity contribution in [3.05, 3.63) is 89.1 Å². The fourth-order valence-corrected chi connectivity index (χ4v) is 4.31. The van der Waals surface area contributed by atoms with Crippen molar-refractivity contribution in [2.45, 2.75) is 33.4 Å². The Labute approximate surface area is 176 Å². The molecule has 5 rings (SSSR count). The first-order valence-corrected chi connectivity index (χ1v) is 10.3. The maximum absolute atomic E-state index is 6.33. The molecule has 4 nitrogen and oxygen atoms in total. The third-order valence-electron chi connectivity index (χ3n) is 5.82.